The molecule has 2 aliphatic rings. The van der Waals surface area contributed by atoms with E-state index in [0.29, 0.717) is 6.54 Å². The number of piperidine rings is 1. The second-order valence-corrected chi connectivity index (χ2v) is 4.91. The molecule has 2 rings (SSSR count). The molecule has 2 heterocycles. The highest BCUT2D eigenvalue weighted by molar-refractivity contribution is 6.03. The van der Waals surface area contributed by atoms with Crippen LogP contribution < -0.4 is 5.43 Å². The molecule has 87 valence electrons. The van der Waals surface area contributed by atoms with Crippen molar-refractivity contribution in [2.24, 2.45) is 5.10 Å². The van der Waals surface area contributed by atoms with E-state index in [9.17, 15) is 4.79 Å². The number of hydrogen-bond acceptors (Lipinski definition) is 3. The van der Waals surface area contributed by atoms with Gasteiger partial charge in [-0.3, -0.25) is 4.90 Å². The van der Waals surface area contributed by atoms with Crippen LogP contribution in [-0.2, 0) is 4.74 Å². The van der Waals surface area contributed by atoms with Crippen molar-refractivity contribution in [3.63, 3.8) is 0 Å². The number of likely N-dealkylation sites (tertiary alicyclic amines) is 1. The first-order valence-electron chi connectivity index (χ1n) is 5.45. The molecule has 1 radical (unpaired) electrons. The van der Waals surface area contributed by atoms with Crippen LogP contribution in [0.2, 0.25) is 0 Å². The van der Waals surface area contributed by atoms with Crippen LogP contribution in [0.5, 0.6) is 0 Å². The van der Waals surface area contributed by atoms with Crippen molar-refractivity contribution in [1.29, 1.82) is 0 Å². The zero-order valence-electron chi connectivity index (χ0n) is 9.86. The Morgan fingerprint density at radius 1 is 1.50 bits per heavy atom. The minimum absolute atomic E-state index is 0.316. The van der Waals surface area contributed by atoms with Gasteiger partial charge in [0, 0.05) is 6.54 Å². The molecule has 0 spiro atoms. The van der Waals surface area contributed by atoms with E-state index in [1.54, 1.807) is 11.1 Å². The molecular formula is C11H16N3O2. The molecule has 1 amide bonds. The fourth-order valence-electron chi connectivity index (χ4n) is 1.71. The first-order valence-corrected chi connectivity index (χ1v) is 5.45. The Morgan fingerprint density at radius 3 is 2.94 bits per heavy atom. The van der Waals surface area contributed by atoms with Crippen LogP contribution in [0.4, 0.5) is 4.79 Å². The highest BCUT2D eigenvalue weighted by Crippen LogP contribution is 2.23. The minimum atomic E-state index is -0.470. The van der Waals surface area contributed by atoms with E-state index < -0.39 is 5.60 Å². The van der Waals surface area contributed by atoms with Crippen molar-refractivity contribution < 1.29 is 9.53 Å². The van der Waals surface area contributed by atoms with Crippen LogP contribution in [0.15, 0.2) is 17.0 Å². The van der Waals surface area contributed by atoms with Crippen molar-refractivity contribution in [3.05, 3.63) is 11.9 Å². The average molecular weight is 222 g/mol. The lowest BCUT2D eigenvalue weighted by atomic mass is 10.1. The summed E-state index contributed by atoms with van der Waals surface area (Å²) in [6.45, 7) is 6.25. The average Bonchev–Trinajstić information content (AvgIpc) is 2.61. The molecule has 0 aliphatic carbocycles. The van der Waals surface area contributed by atoms with E-state index in [1.165, 1.54) is 0 Å². The second kappa shape index (κ2) is 3.81. The number of allylic oxidation sites excluding steroid dienone is 1. The lowest BCUT2D eigenvalue weighted by Crippen LogP contribution is -2.40. The minimum Gasteiger partial charge on any atom is -0.443 e. The van der Waals surface area contributed by atoms with E-state index in [4.69, 9.17) is 4.74 Å². The summed E-state index contributed by atoms with van der Waals surface area (Å²) >= 11 is 0. The number of hydrogen-bond donors (Lipinski definition) is 0. The van der Waals surface area contributed by atoms with Gasteiger partial charge in [0.2, 0.25) is 0 Å². The van der Waals surface area contributed by atoms with Gasteiger partial charge in [-0.15, -0.1) is 0 Å². The van der Waals surface area contributed by atoms with Gasteiger partial charge in [0.25, 0.3) is 0 Å². The molecule has 5 heteroatoms. The van der Waals surface area contributed by atoms with Crippen molar-refractivity contribution in [3.8, 4) is 0 Å². The molecule has 0 aromatic carbocycles. The fourth-order valence-corrected chi connectivity index (χ4v) is 1.71. The zero-order chi connectivity index (χ0) is 11.8. The normalized spacial score (nSPS) is 19.6. The topological polar surface area (TPSA) is 56.0 Å². The molecule has 0 N–H and O–H groups in total. The van der Waals surface area contributed by atoms with Crippen molar-refractivity contribution in [1.82, 2.24) is 10.3 Å². The van der Waals surface area contributed by atoms with Crippen LogP contribution in [-0.4, -0.2) is 28.9 Å². The van der Waals surface area contributed by atoms with Crippen LogP contribution in [0, 0.1) is 0 Å². The van der Waals surface area contributed by atoms with Gasteiger partial charge in [-0.05, 0) is 33.6 Å². The maximum Gasteiger partial charge on any atom is 0.414 e. The van der Waals surface area contributed by atoms with Crippen molar-refractivity contribution in [2.45, 2.75) is 39.2 Å². The summed E-state index contributed by atoms with van der Waals surface area (Å²) in [6, 6.07) is 0. The smallest absolute Gasteiger partial charge is 0.414 e. The van der Waals surface area contributed by atoms with Crippen LogP contribution in [0.1, 0.15) is 33.6 Å². The number of amides is 1. The van der Waals surface area contributed by atoms with Gasteiger partial charge in [-0.1, -0.05) is 0 Å². The predicted octanol–water partition coefficient (Wildman–Crippen LogP) is 1.83. The number of carbonyl (C=O) groups excluding carboxylic acids is 1. The second-order valence-electron chi connectivity index (χ2n) is 4.91. The molecule has 2 aliphatic heterocycles. The standard InChI is InChI=1S/C11H16N3O2/c1-11(2,3)16-10(15)14-6-4-5-8-9(14)7-12-13-8/h7H,4-6H2,1-3H3. The number of rotatable bonds is 0. The lowest BCUT2D eigenvalue weighted by Gasteiger charge is -2.30. The van der Waals surface area contributed by atoms with Crippen LogP contribution >= 0.6 is 0 Å². The molecule has 0 aromatic rings. The Bertz CT molecular complexity index is 366. The van der Waals surface area contributed by atoms with Gasteiger partial charge < -0.3 is 4.74 Å². The molecule has 5 nitrogen and oxygen atoms in total. The van der Waals surface area contributed by atoms with E-state index in [1.807, 2.05) is 20.8 Å². The Balaban J connectivity index is 2.09. The van der Waals surface area contributed by atoms with E-state index >= 15 is 0 Å². The van der Waals surface area contributed by atoms with Gasteiger partial charge in [0.05, 0.1) is 17.6 Å². The van der Waals surface area contributed by atoms with Gasteiger partial charge >= 0.3 is 6.09 Å². The molecule has 0 bridgehead atoms. The van der Waals surface area contributed by atoms with Crippen LogP contribution in [0.25, 0.3) is 0 Å². The Hall–Kier alpha value is -1.52. The van der Waals surface area contributed by atoms with Gasteiger partial charge in [-0.2, -0.15) is 10.5 Å². The van der Waals surface area contributed by atoms with Gasteiger partial charge in [0.1, 0.15) is 5.60 Å². The Kier molecular flexibility index (Phi) is 2.61. The third kappa shape index (κ3) is 2.18. The molecular weight excluding hydrogens is 206 g/mol. The molecule has 0 unspecified atom stereocenters. The summed E-state index contributed by atoms with van der Waals surface area (Å²) < 4.78 is 5.33. The van der Waals surface area contributed by atoms with Crippen molar-refractivity contribution >= 4 is 11.8 Å². The number of carbonyl (C=O) groups is 1. The van der Waals surface area contributed by atoms with Gasteiger partial charge in [-0.25, -0.2) is 4.79 Å². The highest BCUT2D eigenvalue weighted by atomic mass is 16.6. The number of fused-ring (bicyclic) bond motifs is 1. The van der Waals surface area contributed by atoms with E-state index in [0.717, 1.165) is 24.3 Å². The summed E-state index contributed by atoms with van der Waals surface area (Å²) in [5, 5.41) is 3.99. The maximum absolute atomic E-state index is 11.9. The Morgan fingerprint density at radius 2 is 2.25 bits per heavy atom. The molecule has 1 saturated heterocycles. The highest BCUT2D eigenvalue weighted by Gasteiger charge is 2.31. The summed E-state index contributed by atoms with van der Waals surface area (Å²) in [5.74, 6) is 0. The first kappa shape index (κ1) is 11.0. The number of nitrogens with zero attached hydrogens (tertiary/aromatic N) is 3. The van der Waals surface area contributed by atoms with Gasteiger partial charge in [0.15, 0.2) is 0 Å². The summed E-state index contributed by atoms with van der Waals surface area (Å²) in [5.41, 5.74) is 5.04. The SMILES string of the molecule is CC(C)(C)OC(=O)N1CCCC2=N[N]C=C21. The largest absolute Gasteiger partial charge is 0.443 e. The molecule has 0 aromatic heterocycles. The fraction of sp³-hybridized carbons (Fsp3) is 0.636. The summed E-state index contributed by atoms with van der Waals surface area (Å²) in [4.78, 5) is 13.5. The summed E-state index contributed by atoms with van der Waals surface area (Å²) in [7, 11) is 0. The third-order valence-corrected chi connectivity index (χ3v) is 2.35. The Labute approximate surface area is 95.1 Å². The maximum atomic E-state index is 11.9. The lowest BCUT2D eigenvalue weighted by molar-refractivity contribution is 0.0316. The summed E-state index contributed by atoms with van der Waals surface area (Å²) in [6.07, 6.45) is 3.10. The van der Waals surface area contributed by atoms with E-state index in [-0.39, 0.29) is 6.09 Å². The predicted molar refractivity (Wildman–Crippen MR) is 59.8 cm³/mol. The quantitative estimate of drug-likeness (QED) is 0.628. The van der Waals surface area contributed by atoms with E-state index in [2.05, 4.69) is 10.5 Å². The molecule has 1 fully saturated rings. The molecule has 0 saturated carbocycles. The molecule has 16 heavy (non-hydrogen) atoms. The van der Waals surface area contributed by atoms with Crippen molar-refractivity contribution in [2.75, 3.05) is 6.54 Å². The van der Waals surface area contributed by atoms with Crippen LogP contribution in [0.3, 0.4) is 0 Å². The zero-order valence-corrected chi connectivity index (χ0v) is 9.86. The molecule has 0 atom stereocenters. The number of ether oxygens (including phenoxy) is 1. The third-order valence-electron chi connectivity index (χ3n) is 2.35. The monoisotopic (exact) mass is 222 g/mol. The first-order chi connectivity index (χ1) is 7.47.